The largest absolute Gasteiger partial charge is 0.382 e. The van der Waals surface area contributed by atoms with Crippen LogP contribution in [0.1, 0.15) is 45.6 Å². The van der Waals surface area contributed by atoms with E-state index in [0.29, 0.717) is 11.5 Å². The summed E-state index contributed by atoms with van der Waals surface area (Å²) in [6, 6.07) is 7.15. The SMILES string of the molecule is Cc1cc(NC2CC(C)CC(C)(C)C2)ccc1Br. The van der Waals surface area contributed by atoms with Gasteiger partial charge in [0.2, 0.25) is 0 Å². The molecule has 1 aromatic rings. The molecular weight excluding hydrogens is 286 g/mol. The Labute approximate surface area is 119 Å². The summed E-state index contributed by atoms with van der Waals surface area (Å²) in [5.41, 5.74) is 3.02. The van der Waals surface area contributed by atoms with Crippen LogP contribution in [-0.4, -0.2) is 6.04 Å². The molecule has 1 N–H and O–H groups in total. The molecule has 0 aromatic heterocycles. The van der Waals surface area contributed by atoms with Gasteiger partial charge in [0.1, 0.15) is 0 Å². The van der Waals surface area contributed by atoms with E-state index in [2.05, 4.69) is 67.1 Å². The molecular formula is C16H24BrN. The first-order chi connectivity index (χ1) is 8.35. The Bertz CT molecular complexity index is 425. The normalized spacial score (nSPS) is 26.9. The van der Waals surface area contributed by atoms with Crippen LogP contribution in [0, 0.1) is 18.3 Å². The fraction of sp³-hybridized carbons (Fsp3) is 0.625. The van der Waals surface area contributed by atoms with Gasteiger partial charge in [-0.1, -0.05) is 36.7 Å². The van der Waals surface area contributed by atoms with E-state index >= 15 is 0 Å². The summed E-state index contributed by atoms with van der Waals surface area (Å²) >= 11 is 3.55. The van der Waals surface area contributed by atoms with Crippen LogP contribution in [0.25, 0.3) is 0 Å². The summed E-state index contributed by atoms with van der Waals surface area (Å²) in [6.45, 7) is 9.31. The fourth-order valence-corrected chi connectivity index (χ4v) is 3.67. The van der Waals surface area contributed by atoms with Crippen LogP contribution in [0.4, 0.5) is 5.69 Å². The van der Waals surface area contributed by atoms with Crippen molar-refractivity contribution in [1.29, 1.82) is 0 Å². The van der Waals surface area contributed by atoms with Crippen LogP contribution in [0.5, 0.6) is 0 Å². The quantitative estimate of drug-likeness (QED) is 0.773. The number of aryl methyl sites for hydroxylation is 1. The molecule has 0 heterocycles. The van der Waals surface area contributed by atoms with Gasteiger partial charge >= 0.3 is 0 Å². The van der Waals surface area contributed by atoms with Crippen LogP contribution >= 0.6 is 15.9 Å². The third-order valence-corrected chi connectivity index (χ3v) is 4.81. The van der Waals surface area contributed by atoms with E-state index in [9.17, 15) is 0 Å². The molecule has 1 nitrogen and oxygen atoms in total. The van der Waals surface area contributed by atoms with Crippen molar-refractivity contribution in [2.75, 3.05) is 5.32 Å². The molecule has 18 heavy (non-hydrogen) atoms. The highest BCUT2D eigenvalue weighted by Gasteiger charge is 2.31. The topological polar surface area (TPSA) is 12.0 Å². The zero-order valence-electron chi connectivity index (χ0n) is 11.9. The molecule has 2 atom stereocenters. The Morgan fingerprint density at radius 2 is 2.00 bits per heavy atom. The number of hydrogen-bond donors (Lipinski definition) is 1. The maximum Gasteiger partial charge on any atom is 0.0345 e. The van der Waals surface area contributed by atoms with Gasteiger partial charge in [0.15, 0.2) is 0 Å². The van der Waals surface area contributed by atoms with Crippen LogP contribution in [0.3, 0.4) is 0 Å². The van der Waals surface area contributed by atoms with E-state index < -0.39 is 0 Å². The number of halogens is 1. The van der Waals surface area contributed by atoms with Gasteiger partial charge in [-0.2, -0.15) is 0 Å². The average Bonchev–Trinajstić information content (AvgIpc) is 2.20. The number of rotatable bonds is 2. The van der Waals surface area contributed by atoms with E-state index in [0.717, 1.165) is 5.92 Å². The van der Waals surface area contributed by atoms with E-state index in [-0.39, 0.29) is 0 Å². The van der Waals surface area contributed by atoms with Gasteiger partial charge in [-0.05, 0) is 61.3 Å². The van der Waals surface area contributed by atoms with Gasteiger partial charge in [-0.15, -0.1) is 0 Å². The van der Waals surface area contributed by atoms with Gasteiger partial charge in [-0.3, -0.25) is 0 Å². The van der Waals surface area contributed by atoms with E-state index in [1.165, 1.54) is 35.0 Å². The van der Waals surface area contributed by atoms with Crippen molar-refractivity contribution < 1.29 is 0 Å². The minimum Gasteiger partial charge on any atom is -0.382 e. The zero-order valence-corrected chi connectivity index (χ0v) is 13.5. The van der Waals surface area contributed by atoms with Gasteiger partial charge < -0.3 is 5.32 Å². The minimum absolute atomic E-state index is 0.472. The van der Waals surface area contributed by atoms with Crippen molar-refractivity contribution in [3.63, 3.8) is 0 Å². The zero-order chi connectivity index (χ0) is 13.3. The Balaban J connectivity index is 2.06. The molecule has 0 spiro atoms. The summed E-state index contributed by atoms with van der Waals surface area (Å²) in [7, 11) is 0. The van der Waals surface area contributed by atoms with Gasteiger partial charge in [-0.25, -0.2) is 0 Å². The summed E-state index contributed by atoms with van der Waals surface area (Å²) < 4.78 is 1.19. The lowest BCUT2D eigenvalue weighted by molar-refractivity contribution is 0.178. The Hall–Kier alpha value is -0.500. The summed E-state index contributed by atoms with van der Waals surface area (Å²) in [4.78, 5) is 0. The van der Waals surface area contributed by atoms with Crippen LogP contribution < -0.4 is 5.32 Å². The molecule has 0 saturated heterocycles. The van der Waals surface area contributed by atoms with Gasteiger partial charge in [0.25, 0.3) is 0 Å². The van der Waals surface area contributed by atoms with Crippen molar-refractivity contribution in [2.45, 2.75) is 53.0 Å². The first-order valence-electron chi connectivity index (χ1n) is 6.88. The van der Waals surface area contributed by atoms with E-state index in [1.807, 2.05) is 0 Å². The molecule has 1 aromatic carbocycles. The second-order valence-corrected chi connectivity index (χ2v) is 7.57. The average molecular weight is 310 g/mol. The second-order valence-electron chi connectivity index (χ2n) is 6.72. The number of nitrogens with one attached hydrogen (secondary N) is 1. The maximum atomic E-state index is 3.71. The minimum atomic E-state index is 0.472. The van der Waals surface area contributed by atoms with E-state index in [1.54, 1.807) is 0 Å². The summed E-state index contributed by atoms with van der Waals surface area (Å²) in [5.74, 6) is 0.822. The predicted octanol–water partition coefficient (Wildman–Crippen LogP) is 5.38. The lowest BCUT2D eigenvalue weighted by atomic mass is 9.70. The Morgan fingerprint density at radius 1 is 1.28 bits per heavy atom. The summed E-state index contributed by atoms with van der Waals surface area (Å²) in [5, 5.41) is 3.71. The monoisotopic (exact) mass is 309 g/mol. The molecule has 1 aliphatic rings. The second kappa shape index (κ2) is 5.24. The third-order valence-electron chi connectivity index (χ3n) is 3.92. The third kappa shape index (κ3) is 3.50. The van der Waals surface area contributed by atoms with Crippen molar-refractivity contribution >= 4 is 21.6 Å². The molecule has 2 unspecified atom stereocenters. The number of anilines is 1. The van der Waals surface area contributed by atoms with Crippen molar-refractivity contribution in [3.8, 4) is 0 Å². The molecule has 0 bridgehead atoms. The van der Waals surface area contributed by atoms with Crippen molar-refractivity contribution in [3.05, 3.63) is 28.2 Å². The first kappa shape index (κ1) is 13.9. The Kier molecular flexibility index (Phi) is 4.05. The molecule has 0 amide bonds. The van der Waals surface area contributed by atoms with Crippen LogP contribution in [-0.2, 0) is 0 Å². The molecule has 2 rings (SSSR count). The smallest absolute Gasteiger partial charge is 0.0345 e. The van der Waals surface area contributed by atoms with Gasteiger partial charge in [0.05, 0.1) is 0 Å². The highest BCUT2D eigenvalue weighted by molar-refractivity contribution is 9.10. The molecule has 2 heteroatoms. The van der Waals surface area contributed by atoms with Crippen molar-refractivity contribution in [2.24, 2.45) is 11.3 Å². The van der Waals surface area contributed by atoms with Crippen LogP contribution in [0.15, 0.2) is 22.7 Å². The van der Waals surface area contributed by atoms with Gasteiger partial charge in [0, 0.05) is 16.2 Å². The molecule has 1 fully saturated rings. The molecule has 1 aliphatic carbocycles. The number of hydrogen-bond acceptors (Lipinski definition) is 1. The Morgan fingerprint density at radius 3 is 2.61 bits per heavy atom. The standard InChI is InChI=1S/C16H24BrN/c1-11-7-14(10-16(3,4)9-11)18-13-5-6-15(17)12(2)8-13/h5-6,8,11,14,18H,7,9-10H2,1-4H3. The molecule has 0 radical (unpaired) electrons. The summed E-state index contributed by atoms with van der Waals surface area (Å²) in [6.07, 6.45) is 3.91. The van der Waals surface area contributed by atoms with Crippen molar-refractivity contribution in [1.82, 2.24) is 0 Å². The number of benzene rings is 1. The molecule has 100 valence electrons. The predicted molar refractivity (Wildman–Crippen MR) is 83.1 cm³/mol. The highest BCUT2D eigenvalue weighted by Crippen LogP contribution is 2.39. The first-order valence-corrected chi connectivity index (χ1v) is 7.68. The molecule has 0 aliphatic heterocycles. The molecule has 1 saturated carbocycles. The highest BCUT2D eigenvalue weighted by atomic mass is 79.9. The lowest BCUT2D eigenvalue weighted by Crippen LogP contribution is -2.35. The lowest BCUT2D eigenvalue weighted by Gasteiger charge is -2.39. The maximum absolute atomic E-state index is 3.71. The fourth-order valence-electron chi connectivity index (χ4n) is 3.43. The van der Waals surface area contributed by atoms with Crippen LogP contribution in [0.2, 0.25) is 0 Å². The van der Waals surface area contributed by atoms with E-state index in [4.69, 9.17) is 0 Å².